The van der Waals surface area contributed by atoms with Gasteiger partial charge in [-0.15, -0.1) is 0 Å². The van der Waals surface area contributed by atoms with Crippen molar-refractivity contribution in [2.75, 3.05) is 0 Å². The standard InChI is InChI=1S/C10H6F3NO3S/c11-10(12,13)18(15,16)17-9-2-1-7-3-4-14-6-8(7)5-9/h1-6H. The summed E-state index contributed by atoms with van der Waals surface area (Å²) in [4.78, 5) is 3.77. The number of hydrogen-bond acceptors (Lipinski definition) is 4. The lowest BCUT2D eigenvalue weighted by atomic mass is 10.2. The largest absolute Gasteiger partial charge is 0.534 e. The molecule has 0 atom stereocenters. The maximum absolute atomic E-state index is 12.1. The minimum atomic E-state index is -5.64. The van der Waals surface area contributed by atoms with Crippen LogP contribution < -0.4 is 4.18 Å². The summed E-state index contributed by atoms with van der Waals surface area (Å²) in [6, 6.07) is 5.40. The van der Waals surface area contributed by atoms with Gasteiger partial charge in [0, 0.05) is 17.8 Å². The molecule has 8 heteroatoms. The Morgan fingerprint density at radius 2 is 1.83 bits per heavy atom. The van der Waals surface area contributed by atoms with E-state index >= 15 is 0 Å². The Morgan fingerprint density at radius 3 is 2.50 bits per heavy atom. The molecule has 0 aliphatic rings. The minimum absolute atomic E-state index is 0.409. The molecular weight excluding hydrogens is 271 g/mol. The summed E-state index contributed by atoms with van der Waals surface area (Å²) in [6.07, 6.45) is 2.90. The fourth-order valence-electron chi connectivity index (χ4n) is 1.29. The quantitative estimate of drug-likeness (QED) is 0.625. The van der Waals surface area contributed by atoms with E-state index < -0.39 is 21.4 Å². The van der Waals surface area contributed by atoms with E-state index in [-0.39, 0.29) is 0 Å². The summed E-state index contributed by atoms with van der Waals surface area (Å²) in [5.74, 6) is -0.409. The Balaban J connectivity index is 2.39. The number of aromatic nitrogens is 1. The van der Waals surface area contributed by atoms with Crippen molar-refractivity contribution in [3.8, 4) is 5.75 Å². The van der Waals surface area contributed by atoms with E-state index in [0.29, 0.717) is 10.8 Å². The molecule has 1 aromatic heterocycles. The Morgan fingerprint density at radius 1 is 1.11 bits per heavy atom. The summed E-state index contributed by atoms with van der Waals surface area (Å²) < 4.78 is 61.9. The van der Waals surface area contributed by atoms with Crippen molar-refractivity contribution in [2.45, 2.75) is 5.51 Å². The molecule has 0 N–H and O–H groups in total. The maximum Gasteiger partial charge on any atom is 0.534 e. The summed E-state index contributed by atoms with van der Waals surface area (Å²) in [6.45, 7) is 0. The van der Waals surface area contributed by atoms with E-state index in [1.807, 2.05) is 0 Å². The summed E-state index contributed by atoms with van der Waals surface area (Å²) in [5.41, 5.74) is -5.45. The molecule has 0 saturated carbocycles. The van der Waals surface area contributed by atoms with E-state index in [2.05, 4.69) is 9.17 Å². The predicted octanol–water partition coefficient (Wildman–Crippen LogP) is 2.46. The number of pyridine rings is 1. The predicted molar refractivity (Wildman–Crippen MR) is 57.3 cm³/mol. The van der Waals surface area contributed by atoms with Crippen LogP contribution in [0.5, 0.6) is 5.75 Å². The Hall–Kier alpha value is -1.83. The number of fused-ring (bicyclic) bond motifs is 1. The molecule has 0 fully saturated rings. The molecule has 0 aliphatic carbocycles. The third kappa shape index (κ3) is 2.37. The molecule has 2 rings (SSSR count). The van der Waals surface area contributed by atoms with Gasteiger partial charge in [-0.25, -0.2) is 0 Å². The van der Waals surface area contributed by atoms with Gasteiger partial charge in [-0.3, -0.25) is 4.98 Å². The first-order chi connectivity index (χ1) is 8.29. The van der Waals surface area contributed by atoms with Gasteiger partial charge < -0.3 is 4.18 Å². The van der Waals surface area contributed by atoms with E-state index in [1.165, 1.54) is 24.5 Å². The molecule has 96 valence electrons. The summed E-state index contributed by atoms with van der Waals surface area (Å²) in [7, 11) is -5.64. The molecule has 0 aliphatic heterocycles. The van der Waals surface area contributed by atoms with Gasteiger partial charge in [0.15, 0.2) is 0 Å². The van der Waals surface area contributed by atoms with E-state index in [4.69, 9.17) is 0 Å². The zero-order chi connectivity index (χ0) is 13.4. The number of benzene rings is 1. The molecule has 0 saturated heterocycles. The van der Waals surface area contributed by atoms with Crippen LogP contribution >= 0.6 is 0 Å². The monoisotopic (exact) mass is 277 g/mol. The van der Waals surface area contributed by atoms with Gasteiger partial charge in [0.05, 0.1) is 0 Å². The van der Waals surface area contributed by atoms with Gasteiger partial charge in [-0.2, -0.15) is 21.6 Å². The smallest absolute Gasteiger partial charge is 0.376 e. The Kier molecular flexibility index (Phi) is 2.89. The van der Waals surface area contributed by atoms with Gasteiger partial charge in [0.1, 0.15) is 5.75 Å². The highest BCUT2D eigenvalue weighted by atomic mass is 32.2. The summed E-state index contributed by atoms with van der Waals surface area (Å²) >= 11 is 0. The van der Waals surface area contributed by atoms with Crippen molar-refractivity contribution >= 4 is 20.9 Å². The zero-order valence-electron chi connectivity index (χ0n) is 8.68. The second-order valence-electron chi connectivity index (χ2n) is 3.37. The first-order valence-electron chi connectivity index (χ1n) is 4.64. The average Bonchev–Trinajstić information content (AvgIpc) is 2.27. The molecule has 0 spiro atoms. The molecular formula is C10H6F3NO3S. The lowest BCUT2D eigenvalue weighted by Crippen LogP contribution is -2.28. The van der Waals surface area contributed by atoms with Crippen LogP contribution in [0.15, 0.2) is 36.7 Å². The lowest BCUT2D eigenvalue weighted by Gasteiger charge is -2.09. The van der Waals surface area contributed by atoms with Gasteiger partial charge in [0.25, 0.3) is 0 Å². The lowest BCUT2D eigenvalue weighted by molar-refractivity contribution is -0.0500. The molecule has 4 nitrogen and oxygen atoms in total. The number of alkyl halides is 3. The third-order valence-electron chi connectivity index (χ3n) is 2.10. The van der Waals surface area contributed by atoms with Crippen LogP contribution in [0.4, 0.5) is 13.2 Å². The zero-order valence-corrected chi connectivity index (χ0v) is 9.49. The van der Waals surface area contributed by atoms with Crippen molar-refractivity contribution < 1.29 is 25.8 Å². The van der Waals surface area contributed by atoms with Gasteiger partial charge in [-0.1, -0.05) is 6.07 Å². The summed E-state index contributed by atoms with van der Waals surface area (Å²) in [5, 5.41) is 1.19. The van der Waals surface area contributed by atoms with Gasteiger partial charge in [0.2, 0.25) is 0 Å². The first kappa shape index (κ1) is 12.6. The van der Waals surface area contributed by atoms with Gasteiger partial charge in [-0.05, 0) is 23.6 Å². The van der Waals surface area contributed by atoms with E-state index in [0.717, 1.165) is 6.07 Å². The van der Waals surface area contributed by atoms with Gasteiger partial charge >= 0.3 is 15.6 Å². The van der Waals surface area contributed by atoms with Crippen LogP contribution in [0.2, 0.25) is 0 Å². The molecule has 0 radical (unpaired) electrons. The second kappa shape index (κ2) is 4.13. The maximum atomic E-state index is 12.1. The van der Waals surface area contributed by atoms with Crippen molar-refractivity contribution in [1.82, 2.24) is 4.98 Å². The van der Waals surface area contributed by atoms with Crippen LogP contribution in [0, 0.1) is 0 Å². The van der Waals surface area contributed by atoms with Crippen LogP contribution in [-0.4, -0.2) is 18.9 Å². The molecule has 0 bridgehead atoms. The highest BCUT2D eigenvalue weighted by Crippen LogP contribution is 2.28. The van der Waals surface area contributed by atoms with Crippen LogP contribution in [0.3, 0.4) is 0 Å². The minimum Gasteiger partial charge on any atom is -0.376 e. The Bertz CT molecular complexity index is 682. The highest BCUT2D eigenvalue weighted by molar-refractivity contribution is 7.88. The van der Waals surface area contributed by atoms with Crippen LogP contribution in [-0.2, 0) is 10.1 Å². The highest BCUT2D eigenvalue weighted by Gasteiger charge is 2.48. The second-order valence-corrected chi connectivity index (χ2v) is 4.91. The topological polar surface area (TPSA) is 56.3 Å². The van der Waals surface area contributed by atoms with Crippen molar-refractivity contribution in [3.63, 3.8) is 0 Å². The van der Waals surface area contributed by atoms with Crippen molar-refractivity contribution in [3.05, 3.63) is 36.7 Å². The molecule has 0 amide bonds. The molecule has 2 aromatic rings. The van der Waals surface area contributed by atoms with Crippen LogP contribution in [0.25, 0.3) is 10.8 Å². The molecule has 0 unspecified atom stereocenters. The molecule has 1 heterocycles. The Labute approximate surface area is 100 Å². The SMILES string of the molecule is O=S(=O)(Oc1ccc2ccncc2c1)C(F)(F)F. The number of hydrogen-bond donors (Lipinski definition) is 0. The van der Waals surface area contributed by atoms with Crippen LogP contribution in [0.1, 0.15) is 0 Å². The fourth-order valence-corrected chi connectivity index (χ4v) is 1.74. The number of rotatable bonds is 2. The third-order valence-corrected chi connectivity index (χ3v) is 3.08. The van der Waals surface area contributed by atoms with E-state index in [1.54, 1.807) is 6.07 Å². The van der Waals surface area contributed by atoms with Crippen molar-refractivity contribution in [2.24, 2.45) is 0 Å². The number of halogens is 3. The first-order valence-corrected chi connectivity index (χ1v) is 6.05. The average molecular weight is 277 g/mol. The van der Waals surface area contributed by atoms with E-state index in [9.17, 15) is 21.6 Å². The molecule has 1 aromatic carbocycles. The fraction of sp³-hybridized carbons (Fsp3) is 0.100. The molecule has 18 heavy (non-hydrogen) atoms. The normalized spacial score (nSPS) is 12.6. The van der Waals surface area contributed by atoms with Crippen molar-refractivity contribution in [1.29, 1.82) is 0 Å². The number of nitrogens with zero attached hydrogens (tertiary/aromatic N) is 1.